The van der Waals surface area contributed by atoms with Crippen LogP contribution in [0.5, 0.6) is 0 Å². The van der Waals surface area contributed by atoms with Crippen molar-refractivity contribution < 1.29 is 0 Å². The van der Waals surface area contributed by atoms with Crippen molar-refractivity contribution in [2.75, 3.05) is 25.4 Å². The van der Waals surface area contributed by atoms with Crippen molar-refractivity contribution in [2.45, 2.75) is 24.3 Å². The van der Waals surface area contributed by atoms with E-state index in [2.05, 4.69) is 20.6 Å². The third-order valence-corrected chi connectivity index (χ3v) is 4.97. The Balaban J connectivity index is 1.83. The van der Waals surface area contributed by atoms with E-state index in [0.29, 0.717) is 5.92 Å². The highest BCUT2D eigenvalue weighted by Gasteiger charge is 2.41. The fourth-order valence-electron chi connectivity index (χ4n) is 2.74. The van der Waals surface area contributed by atoms with Crippen LogP contribution in [0.25, 0.3) is 0 Å². The molecule has 0 aromatic carbocycles. The summed E-state index contributed by atoms with van der Waals surface area (Å²) in [7, 11) is 0. The van der Waals surface area contributed by atoms with Crippen molar-refractivity contribution in [3.05, 3.63) is 5.69 Å². The second-order valence-corrected chi connectivity index (χ2v) is 6.08. The molecular formula is C10H15N3S2. The normalized spacial score (nSPS) is 33.8. The Labute approximate surface area is 98.6 Å². The van der Waals surface area contributed by atoms with Gasteiger partial charge in [0.2, 0.25) is 0 Å². The van der Waals surface area contributed by atoms with E-state index in [1.165, 1.54) is 48.5 Å². The number of thioether (sulfide) groups is 1. The molecule has 3 rings (SSSR count). The molecule has 0 saturated carbocycles. The predicted octanol–water partition coefficient (Wildman–Crippen LogP) is 2.07. The van der Waals surface area contributed by atoms with Gasteiger partial charge in [-0.3, -0.25) is 0 Å². The molecule has 3 heterocycles. The zero-order chi connectivity index (χ0) is 10.3. The molecule has 2 aliphatic heterocycles. The lowest BCUT2D eigenvalue weighted by atomic mass is 9.90. The first-order chi connectivity index (χ1) is 7.38. The van der Waals surface area contributed by atoms with E-state index in [1.807, 2.05) is 11.8 Å². The van der Waals surface area contributed by atoms with E-state index in [0.717, 1.165) is 11.7 Å². The minimum absolute atomic E-state index is 0.673. The Bertz CT molecular complexity index is 352. The van der Waals surface area contributed by atoms with Crippen molar-refractivity contribution in [3.8, 4) is 0 Å². The molecule has 2 fully saturated rings. The summed E-state index contributed by atoms with van der Waals surface area (Å²) in [5.74, 6) is 2.62. The Kier molecular flexibility index (Phi) is 2.70. The molecule has 15 heavy (non-hydrogen) atoms. The maximum Gasteiger partial charge on any atom is 0.134 e. The van der Waals surface area contributed by atoms with Crippen LogP contribution in [0.3, 0.4) is 0 Å². The molecule has 3 atom stereocenters. The summed E-state index contributed by atoms with van der Waals surface area (Å²) in [6.45, 7) is 5.98. The highest BCUT2D eigenvalue weighted by atomic mass is 32.2. The number of aromatic nitrogens is 2. The Morgan fingerprint density at radius 1 is 1.47 bits per heavy atom. The molecule has 3 nitrogen and oxygen atoms in total. The lowest BCUT2D eigenvalue weighted by Crippen LogP contribution is -2.22. The van der Waals surface area contributed by atoms with Crippen molar-refractivity contribution in [1.29, 1.82) is 0 Å². The number of hydrogen-bond acceptors (Lipinski definition) is 5. The van der Waals surface area contributed by atoms with Gasteiger partial charge in [-0.25, -0.2) is 0 Å². The first-order valence-corrected chi connectivity index (χ1v) is 7.27. The van der Waals surface area contributed by atoms with E-state index < -0.39 is 0 Å². The van der Waals surface area contributed by atoms with Gasteiger partial charge in [0, 0.05) is 19.0 Å². The molecule has 0 spiro atoms. The molecular weight excluding hydrogens is 226 g/mol. The molecule has 0 amide bonds. The van der Waals surface area contributed by atoms with Crippen molar-refractivity contribution >= 4 is 23.5 Å². The molecule has 82 valence electrons. The average molecular weight is 241 g/mol. The average Bonchev–Trinajstić information content (AvgIpc) is 2.91. The summed E-state index contributed by atoms with van der Waals surface area (Å²) in [5.41, 5.74) is 1.29. The summed E-state index contributed by atoms with van der Waals surface area (Å²) in [5, 5.41) is 1.20. The smallest absolute Gasteiger partial charge is 0.134 e. The third kappa shape index (κ3) is 1.70. The van der Waals surface area contributed by atoms with Gasteiger partial charge in [0.1, 0.15) is 5.03 Å². The lowest BCUT2D eigenvalue weighted by molar-refractivity contribution is 0.342. The zero-order valence-electron chi connectivity index (χ0n) is 8.85. The molecule has 0 radical (unpaired) electrons. The topological polar surface area (TPSA) is 29.0 Å². The number of rotatable bonds is 3. The van der Waals surface area contributed by atoms with Gasteiger partial charge in [0.05, 0.1) is 17.4 Å². The molecule has 1 aromatic rings. The minimum Gasteiger partial charge on any atom is -0.302 e. The van der Waals surface area contributed by atoms with E-state index in [1.54, 1.807) is 0 Å². The molecule has 1 aromatic heterocycles. The molecule has 0 aliphatic carbocycles. The summed E-state index contributed by atoms with van der Waals surface area (Å²) in [4.78, 5) is 2.56. The molecule has 2 bridgehead atoms. The largest absolute Gasteiger partial charge is 0.302 e. The van der Waals surface area contributed by atoms with Crippen molar-refractivity contribution in [1.82, 2.24) is 13.6 Å². The van der Waals surface area contributed by atoms with Crippen LogP contribution >= 0.6 is 23.5 Å². The second-order valence-electron chi connectivity index (χ2n) is 4.30. The van der Waals surface area contributed by atoms with Gasteiger partial charge < -0.3 is 4.90 Å². The number of hydrogen-bond donors (Lipinski definition) is 0. The maximum absolute atomic E-state index is 4.52. The first-order valence-electron chi connectivity index (χ1n) is 5.56. The SMILES string of the molecule is CCSc1nsnc1C1CN2CCC1C2. The van der Waals surface area contributed by atoms with Crippen molar-refractivity contribution in [3.63, 3.8) is 0 Å². The number of fused-ring (bicyclic) bond motifs is 2. The molecule has 2 saturated heterocycles. The minimum atomic E-state index is 0.673. The monoisotopic (exact) mass is 241 g/mol. The van der Waals surface area contributed by atoms with E-state index in [9.17, 15) is 0 Å². The summed E-state index contributed by atoms with van der Waals surface area (Å²) >= 11 is 3.22. The highest BCUT2D eigenvalue weighted by molar-refractivity contribution is 7.99. The van der Waals surface area contributed by atoms with Gasteiger partial charge in [-0.2, -0.15) is 8.75 Å². The van der Waals surface area contributed by atoms with Gasteiger partial charge in [0.25, 0.3) is 0 Å². The zero-order valence-corrected chi connectivity index (χ0v) is 10.5. The molecule has 5 heteroatoms. The van der Waals surface area contributed by atoms with Crippen LogP contribution in [0.1, 0.15) is 25.0 Å². The Morgan fingerprint density at radius 2 is 2.40 bits per heavy atom. The quantitative estimate of drug-likeness (QED) is 0.758. The van der Waals surface area contributed by atoms with Crippen LogP contribution in [0, 0.1) is 5.92 Å². The fraction of sp³-hybridized carbons (Fsp3) is 0.800. The van der Waals surface area contributed by atoms with Gasteiger partial charge in [0.15, 0.2) is 0 Å². The van der Waals surface area contributed by atoms with Crippen LogP contribution in [0.15, 0.2) is 5.03 Å². The van der Waals surface area contributed by atoms with Gasteiger partial charge in [-0.05, 0) is 24.6 Å². The number of nitrogens with zero attached hydrogens (tertiary/aromatic N) is 3. The first kappa shape index (κ1) is 10.1. The molecule has 3 unspecified atom stereocenters. The third-order valence-electron chi connectivity index (χ3n) is 3.45. The molecule has 2 aliphatic rings. The second kappa shape index (κ2) is 4.03. The van der Waals surface area contributed by atoms with E-state index in [4.69, 9.17) is 0 Å². The van der Waals surface area contributed by atoms with Crippen LogP contribution < -0.4 is 0 Å². The molecule has 0 N–H and O–H groups in total. The van der Waals surface area contributed by atoms with Crippen LogP contribution in [0.4, 0.5) is 0 Å². The van der Waals surface area contributed by atoms with Gasteiger partial charge in [-0.1, -0.05) is 6.92 Å². The highest BCUT2D eigenvalue weighted by Crippen LogP contribution is 2.41. The summed E-state index contributed by atoms with van der Waals surface area (Å²) in [6, 6.07) is 0. The lowest BCUT2D eigenvalue weighted by Gasteiger charge is -2.20. The van der Waals surface area contributed by atoms with Crippen molar-refractivity contribution in [2.24, 2.45) is 5.92 Å². The van der Waals surface area contributed by atoms with Gasteiger partial charge in [-0.15, -0.1) is 11.8 Å². The maximum atomic E-state index is 4.52. The van der Waals surface area contributed by atoms with Crippen LogP contribution in [-0.2, 0) is 0 Å². The van der Waals surface area contributed by atoms with Crippen LogP contribution in [0.2, 0.25) is 0 Å². The van der Waals surface area contributed by atoms with E-state index >= 15 is 0 Å². The fourth-order valence-corrected chi connectivity index (χ4v) is 4.25. The Morgan fingerprint density at radius 3 is 3.07 bits per heavy atom. The van der Waals surface area contributed by atoms with Gasteiger partial charge >= 0.3 is 0 Å². The number of piperidine rings is 1. The predicted molar refractivity (Wildman–Crippen MR) is 63.6 cm³/mol. The summed E-state index contributed by atoms with van der Waals surface area (Å²) in [6.07, 6.45) is 1.36. The summed E-state index contributed by atoms with van der Waals surface area (Å²) < 4.78 is 8.93. The van der Waals surface area contributed by atoms with Crippen LogP contribution in [-0.4, -0.2) is 39.0 Å². The Hall–Kier alpha value is -0.130. The van der Waals surface area contributed by atoms with E-state index in [-0.39, 0.29) is 0 Å². The standard InChI is InChI=1S/C10H15N3S2/c1-2-14-10-9(11-15-12-10)8-6-13-4-3-7(8)5-13/h7-8H,2-6H2,1H3.